The maximum Gasteiger partial charge on any atom is 0.303 e. The van der Waals surface area contributed by atoms with Crippen molar-refractivity contribution in [2.45, 2.75) is 46.0 Å². The van der Waals surface area contributed by atoms with Gasteiger partial charge in [0.2, 0.25) is 6.10 Å². The Morgan fingerprint density at radius 3 is 1.82 bits per heavy atom. The topological polar surface area (TPSA) is 108 Å². The van der Waals surface area contributed by atoms with Crippen LogP contribution in [0.2, 0.25) is 0 Å². The summed E-state index contributed by atoms with van der Waals surface area (Å²) in [7, 11) is 0. The Morgan fingerprint density at radius 2 is 1.45 bits per heavy atom. The third-order valence-corrected chi connectivity index (χ3v) is 2.98. The van der Waals surface area contributed by atoms with Gasteiger partial charge in [0.05, 0.1) is 0 Å². The first kappa shape index (κ1) is 20.4. The van der Waals surface area contributed by atoms with E-state index in [9.17, 15) is 19.2 Å². The summed E-state index contributed by atoms with van der Waals surface area (Å²) in [5.74, 6) is -2.71. The number of carbonyl (C=O) groups is 4. The average Bonchev–Trinajstić information content (AvgIpc) is 2.39. The van der Waals surface area contributed by atoms with E-state index in [0.717, 1.165) is 13.8 Å². The Balaban J connectivity index is 5.50. The van der Waals surface area contributed by atoms with E-state index >= 15 is 0 Å². The van der Waals surface area contributed by atoms with Crippen molar-refractivity contribution in [1.82, 2.24) is 5.32 Å². The first-order valence-corrected chi connectivity index (χ1v) is 7.70. The number of likely N-dealkylation sites (N-methyl/N-ethyl adjacent to an activating group) is 1. The molecule has 0 heterocycles. The van der Waals surface area contributed by atoms with Gasteiger partial charge in [-0.25, -0.2) is 0 Å². The zero-order valence-corrected chi connectivity index (χ0v) is 14.5. The average molecular weight is 382 g/mol. The molecule has 0 rings (SSSR count). The van der Waals surface area contributed by atoms with Gasteiger partial charge in [-0.05, 0) is 6.92 Å². The number of amides is 1. The molecule has 0 aromatic heterocycles. The maximum atomic E-state index is 12.1. The van der Waals surface area contributed by atoms with E-state index in [1.165, 1.54) is 6.92 Å². The monoisotopic (exact) mass is 381 g/mol. The minimum Gasteiger partial charge on any atom is -0.458 e. The lowest BCUT2D eigenvalue weighted by molar-refractivity contribution is -0.183. The summed E-state index contributed by atoms with van der Waals surface area (Å²) < 4.78 is 15.0. The fourth-order valence-corrected chi connectivity index (χ4v) is 2.15. The molecule has 0 aliphatic carbocycles. The Kier molecular flexibility index (Phi) is 9.39. The minimum absolute atomic E-state index is 0.0850. The number of halogens is 1. The first-order valence-electron chi connectivity index (χ1n) is 6.58. The number of hydrogen-bond donors (Lipinski definition) is 1. The van der Waals surface area contributed by atoms with Gasteiger partial charge in [-0.1, -0.05) is 15.9 Å². The number of esters is 3. The SMILES string of the molecule is CCNC(=O)[C@H](OC(C)=O)[C@@H](OC(C)=O)[C@@H](CBr)OC(C)=O. The molecule has 0 spiro atoms. The normalized spacial score (nSPS) is 14.2. The molecule has 1 N–H and O–H groups in total. The second-order valence-corrected chi connectivity index (χ2v) is 4.95. The summed E-state index contributed by atoms with van der Waals surface area (Å²) >= 11 is 3.12. The molecular weight excluding hydrogens is 362 g/mol. The number of ether oxygens (including phenoxy) is 3. The zero-order chi connectivity index (χ0) is 17.3. The highest BCUT2D eigenvalue weighted by atomic mass is 79.9. The van der Waals surface area contributed by atoms with E-state index in [0.29, 0.717) is 0 Å². The van der Waals surface area contributed by atoms with Crippen molar-refractivity contribution in [2.24, 2.45) is 0 Å². The molecule has 8 nitrogen and oxygen atoms in total. The van der Waals surface area contributed by atoms with Gasteiger partial charge >= 0.3 is 17.9 Å². The third-order valence-electron chi connectivity index (χ3n) is 2.34. The first-order chi connectivity index (χ1) is 10.2. The fraction of sp³-hybridized carbons (Fsp3) is 0.692. The lowest BCUT2D eigenvalue weighted by Gasteiger charge is -2.30. The summed E-state index contributed by atoms with van der Waals surface area (Å²) in [6.07, 6.45) is -3.69. The van der Waals surface area contributed by atoms with Crippen LogP contribution in [-0.4, -0.2) is 54.0 Å². The molecule has 22 heavy (non-hydrogen) atoms. The number of carbonyl (C=O) groups excluding carboxylic acids is 4. The van der Waals surface area contributed by atoms with Gasteiger partial charge in [-0.3, -0.25) is 19.2 Å². The third kappa shape index (κ3) is 7.39. The molecule has 0 saturated heterocycles. The Morgan fingerprint density at radius 1 is 0.955 bits per heavy atom. The standard InChI is InChI=1S/C13H20BrNO7/c1-5-15-13(19)12(22-9(4)18)11(21-8(3)17)10(6-14)20-7(2)16/h10-12H,5-6H2,1-4H3,(H,15,19)/t10-,11+,12-/m1/s1. The largest absolute Gasteiger partial charge is 0.458 e. The number of nitrogens with one attached hydrogen (secondary N) is 1. The molecule has 3 atom stereocenters. The second kappa shape index (κ2) is 10.1. The van der Waals surface area contributed by atoms with Crippen LogP contribution in [0.25, 0.3) is 0 Å². The fourth-order valence-electron chi connectivity index (χ4n) is 1.65. The summed E-state index contributed by atoms with van der Waals surface area (Å²) in [5, 5.41) is 2.56. The molecule has 1 amide bonds. The van der Waals surface area contributed by atoms with E-state index in [1.54, 1.807) is 6.92 Å². The van der Waals surface area contributed by atoms with Crippen LogP contribution in [0.4, 0.5) is 0 Å². The summed E-state index contributed by atoms with van der Waals surface area (Å²) in [4.78, 5) is 45.7. The Labute approximate surface area is 137 Å². The quantitative estimate of drug-likeness (QED) is 0.366. The Bertz CT molecular complexity index is 427. The lowest BCUT2D eigenvalue weighted by Crippen LogP contribution is -2.52. The van der Waals surface area contributed by atoms with Crippen LogP contribution >= 0.6 is 15.9 Å². The molecule has 0 aliphatic rings. The lowest BCUT2D eigenvalue weighted by atomic mass is 10.1. The van der Waals surface area contributed by atoms with Crippen molar-refractivity contribution in [2.75, 3.05) is 11.9 Å². The van der Waals surface area contributed by atoms with Crippen molar-refractivity contribution in [1.29, 1.82) is 0 Å². The summed E-state index contributed by atoms with van der Waals surface area (Å²) in [5.41, 5.74) is 0. The van der Waals surface area contributed by atoms with E-state index < -0.39 is 42.1 Å². The van der Waals surface area contributed by atoms with E-state index in [1.807, 2.05) is 0 Å². The van der Waals surface area contributed by atoms with Crippen molar-refractivity contribution in [3.63, 3.8) is 0 Å². The van der Waals surface area contributed by atoms with Crippen LogP contribution in [0.15, 0.2) is 0 Å². The van der Waals surface area contributed by atoms with Gasteiger partial charge in [0, 0.05) is 32.6 Å². The number of rotatable bonds is 8. The van der Waals surface area contributed by atoms with Crippen molar-refractivity contribution < 1.29 is 33.4 Å². The molecule has 0 radical (unpaired) electrons. The zero-order valence-electron chi connectivity index (χ0n) is 12.9. The van der Waals surface area contributed by atoms with Gasteiger partial charge in [0.15, 0.2) is 12.2 Å². The van der Waals surface area contributed by atoms with Crippen molar-refractivity contribution in [3.05, 3.63) is 0 Å². The molecule has 0 unspecified atom stereocenters. The molecule has 0 saturated carbocycles. The Hall–Kier alpha value is -1.64. The van der Waals surface area contributed by atoms with Gasteiger partial charge in [0.25, 0.3) is 5.91 Å². The van der Waals surface area contributed by atoms with Gasteiger partial charge in [-0.2, -0.15) is 0 Å². The summed E-state index contributed by atoms with van der Waals surface area (Å²) in [6.45, 7) is 5.39. The molecule has 0 bridgehead atoms. The second-order valence-electron chi connectivity index (χ2n) is 4.30. The molecule has 9 heteroatoms. The van der Waals surface area contributed by atoms with Crippen LogP contribution < -0.4 is 5.32 Å². The van der Waals surface area contributed by atoms with Crippen LogP contribution in [0.1, 0.15) is 27.7 Å². The van der Waals surface area contributed by atoms with Gasteiger partial charge in [0.1, 0.15) is 0 Å². The highest BCUT2D eigenvalue weighted by Crippen LogP contribution is 2.16. The van der Waals surface area contributed by atoms with E-state index in [-0.39, 0.29) is 11.9 Å². The molecule has 0 aromatic rings. The van der Waals surface area contributed by atoms with Crippen LogP contribution in [-0.2, 0) is 33.4 Å². The van der Waals surface area contributed by atoms with Crippen LogP contribution in [0, 0.1) is 0 Å². The van der Waals surface area contributed by atoms with E-state index in [2.05, 4.69) is 21.2 Å². The van der Waals surface area contributed by atoms with Crippen molar-refractivity contribution in [3.8, 4) is 0 Å². The molecule has 0 fully saturated rings. The van der Waals surface area contributed by atoms with Crippen LogP contribution in [0.3, 0.4) is 0 Å². The molecule has 0 aliphatic heterocycles. The predicted molar refractivity (Wildman–Crippen MR) is 79.1 cm³/mol. The van der Waals surface area contributed by atoms with E-state index in [4.69, 9.17) is 14.2 Å². The van der Waals surface area contributed by atoms with Crippen molar-refractivity contribution >= 4 is 39.7 Å². The highest BCUT2D eigenvalue weighted by Gasteiger charge is 2.40. The van der Waals surface area contributed by atoms with Gasteiger partial charge < -0.3 is 19.5 Å². The number of hydrogen-bond acceptors (Lipinski definition) is 7. The smallest absolute Gasteiger partial charge is 0.303 e. The highest BCUT2D eigenvalue weighted by molar-refractivity contribution is 9.09. The summed E-state index contributed by atoms with van der Waals surface area (Å²) in [6, 6.07) is 0. The van der Waals surface area contributed by atoms with Crippen LogP contribution in [0.5, 0.6) is 0 Å². The predicted octanol–water partition coefficient (Wildman–Crippen LogP) is 0.312. The molecule has 0 aromatic carbocycles. The molecule has 126 valence electrons. The number of alkyl halides is 1. The minimum atomic E-state index is -1.43. The molecular formula is C13H20BrNO7. The van der Waals surface area contributed by atoms with Gasteiger partial charge in [-0.15, -0.1) is 0 Å². The maximum absolute atomic E-state index is 12.1.